The minimum Gasteiger partial charge on any atom is -0.382 e. The molecule has 1 aliphatic heterocycles. The summed E-state index contributed by atoms with van der Waals surface area (Å²) in [5.74, 6) is -0.348. The summed E-state index contributed by atoms with van der Waals surface area (Å²) in [5, 5.41) is 3.02. The second-order valence-corrected chi connectivity index (χ2v) is 9.04. The standard InChI is InChI=1S/C15H22FN6O3P/c1-4-9(2)21-26(3,23)8-24-11-5-10(16)15(25-11)22-7-20-12-13(17)18-6-19-14(12)22/h5-7,9,11,15H,4,8H2,1-3H3,(H,21,23)(H2,17,18,19)/t9-,11-,15+,26?/m0/s1. The van der Waals surface area contributed by atoms with Gasteiger partial charge in [0.2, 0.25) is 0 Å². The first-order valence-corrected chi connectivity index (χ1v) is 10.6. The van der Waals surface area contributed by atoms with Gasteiger partial charge in [-0.05, 0) is 13.3 Å². The highest BCUT2D eigenvalue weighted by Gasteiger charge is 2.32. The van der Waals surface area contributed by atoms with Crippen molar-refractivity contribution in [1.29, 1.82) is 0 Å². The summed E-state index contributed by atoms with van der Waals surface area (Å²) in [5.41, 5.74) is 6.46. The van der Waals surface area contributed by atoms with Gasteiger partial charge in [-0.3, -0.25) is 9.65 Å². The lowest BCUT2D eigenvalue weighted by atomic mass is 10.3. The summed E-state index contributed by atoms with van der Waals surface area (Å²) in [4.78, 5) is 12.0. The molecule has 0 saturated heterocycles. The molecule has 2 aromatic rings. The molecule has 0 aliphatic carbocycles. The van der Waals surface area contributed by atoms with Crippen LogP contribution in [0, 0.1) is 0 Å². The third kappa shape index (κ3) is 3.93. The zero-order valence-electron chi connectivity index (χ0n) is 14.8. The van der Waals surface area contributed by atoms with E-state index in [-0.39, 0.29) is 18.2 Å². The number of hydrogen-bond donors (Lipinski definition) is 2. The molecule has 0 spiro atoms. The van der Waals surface area contributed by atoms with Gasteiger partial charge >= 0.3 is 0 Å². The van der Waals surface area contributed by atoms with E-state index >= 15 is 0 Å². The minimum absolute atomic E-state index is 0.0711. The van der Waals surface area contributed by atoms with E-state index in [9.17, 15) is 8.96 Å². The molecule has 0 radical (unpaired) electrons. The van der Waals surface area contributed by atoms with Crippen molar-refractivity contribution in [2.24, 2.45) is 0 Å². The van der Waals surface area contributed by atoms with Crippen molar-refractivity contribution >= 4 is 24.3 Å². The van der Waals surface area contributed by atoms with Gasteiger partial charge in [0.15, 0.2) is 37.1 Å². The van der Waals surface area contributed by atoms with Crippen LogP contribution in [0.4, 0.5) is 10.2 Å². The second-order valence-electron chi connectivity index (χ2n) is 6.33. The Morgan fingerprint density at radius 2 is 2.27 bits per heavy atom. The molecule has 3 heterocycles. The van der Waals surface area contributed by atoms with E-state index < -0.39 is 25.6 Å². The van der Waals surface area contributed by atoms with Gasteiger partial charge in [-0.1, -0.05) is 6.92 Å². The van der Waals surface area contributed by atoms with Crippen LogP contribution in [0.25, 0.3) is 11.2 Å². The van der Waals surface area contributed by atoms with Crippen LogP contribution in [0.2, 0.25) is 0 Å². The fourth-order valence-electron chi connectivity index (χ4n) is 2.58. The summed E-state index contributed by atoms with van der Waals surface area (Å²) in [6, 6.07) is 0.0985. The van der Waals surface area contributed by atoms with Gasteiger partial charge in [-0.2, -0.15) is 0 Å². The van der Waals surface area contributed by atoms with Crippen LogP contribution in [0.5, 0.6) is 0 Å². The minimum atomic E-state index is -2.72. The lowest BCUT2D eigenvalue weighted by molar-refractivity contribution is -0.128. The van der Waals surface area contributed by atoms with E-state index in [0.29, 0.717) is 11.2 Å². The number of nitrogen functional groups attached to an aromatic ring is 1. The predicted octanol–water partition coefficient (Wildman–Crippen LogP) is 2.39. The topological polar surface area (TPSA) is 117 Å². The average molecular weight is 384 g/mol. The Hall–Kier alpha value is -1.87. The lowest BCUT2D eigenvalue weighted by Crippen LogP contribution is -2.25. The van der Waals surface area contributed by atoms with Gasteiger partial charge < -0.3 is 19.8 Å². The number of nitrogens with zero attached hydrogens (tertiary/aromatic N) is 4. The lowest BCUT2D eigenvalue weighted by Gasteiger charge is -2.21. The molecule has 4 atom stereocenters. The van der Waals surface area contributed by atoms with E-state index in [0.717, 1.165) is 6.42 Å². The molecular weight excluding hydrogens is 362 g/mol. The molecule has 0 aromatic carbocycles. The van der Waals surface area contributed by atoms with Crippen molar-refractivity contribution in [3.63, 3.8) is 0 Å². The van der Waals surface area contributed by atoms with E-state index in [1.54, 1.807) is 6.66 Å². The number of rotatable bonds is 7. The van der Waals surface area contributed by atoms with Gasteiger partial charge in [0, 0.05) is 18.8 Å². The number of aromatic nitrogens is 4. The van der Waals surface area contributed by atoms with Gasteiger partial charge in [0.25, 0.3) is 0 Å². The Labute approximate surface area is 150 Å². The monoisotopic (exact) mass is 384 g/mol. The second kappa shape index (κ2) is 7.40. The van der Waals surface area contributed by atoms with Crippen molar-refractivity contribution in [1.82, 2.24) is 24.6 Å². The number of fused-ring (bicyclic) bond motifs is 1. The van der Waals surface area contributed by atoms with Crippen LogP contribution < -0.4 is 10.8 Å². The number of anilines is 1. The third-order valence-electron chi connectivity index (χ3n) is 4.02. The van der Waals surface area contributed by atoms with Crippen LogP contribution in [0.15, 0.2) is 24.6 Å². The molecule has 1 unspecified atom stereocenters. The van der Waals surface area contributed by atoms with E-state index in [2.05, 4.69) is 20.0 Å². The van der Waals surface area contributed by atoms with Gasteiger partial charge in [-0.15, -0.1) is 0 Å². The largest absolute Gasteiger partial charge is 0.382 e. The maximum atomic E-state index is 14.4. The molecule has 0 saturated carbocycles. The van der Waals surface area contributed by atoms with Crippen molar-refractivity contribution in [2.45, 2.75) is 38.8 Å². The Morgan fingerprint density at radius 3 is 3.00 bits per heavy atom. The molecule has 3 rings (SSSR count). The molecule has 11 heteroatoms. The molecule has 1 aliphatic rings. The number of imidazole rings is 1. The molecule has 0 fully saturated rings. The van der Waals surface area contributed by atoms with Crippen LogP contribution >= 0.6 is 7.29 Å². The molecule has 2 aromatic heterocycles. The zero-order valence-corrected chi connectivity index (χ0v) is 15.7. The maximum Gasteiger partial charge on any atom is 0.192 e. The van der Waals surface area contributed by atoms with Crippen molar-refractivity contribution in [3.05, 3.63) is 24.6 Å². The Morgan fingerprint density at radius 1 is 1.50 bits per heavy atom. The average Bonchev–Trinajstić information content (AvgIpc) is 3.16. The molecule has 9 nitrogen and oxygen atoms in total. The maximum absolute atomic E-state index is 14.4. The first kappa shape index (κ1) is 18.9. The molecule has 0 bridgehead atoms. The van der Waals surface area contributed by atoms with Gasteiger partial charge in [-0.25, -0.2) is 19.3 Å². The van der Waals surface area contributed by atoms with E-state index in [1.807, 2.05) is 13.8 Å². The van der Waals surface area contributed by atoms with E-state index in [1.165, 1.54) is 23.3 Å². The summed E-state index contributed by atoms with van der Waals surface area (Å²) in [7, 11) is -2.72. The quantitative estimate of drug-likeness (QED) is 0.699. The van der Waals surface area contributed by atoms with Gasteiger partial charge in [0.05, 0.1) is 6.33 Å². The third-order valence-corrected chi connectivity index (χ3v) is 5.65. The fraction of sp³-hybridized carbons (Fsp3) is 0.533. The fourth-order valence-corrected chi connectivity index (χ4v) is 4.20. The predicted molar refractivity (Wildman–Crippen MR) is 95.2 cm³/mol. The number of ether oxygens (including phenoxy) is 2. The first-order valence-electron chi connectivity index (χ1n) is 8.22. The van der Waals surface area contributed by atoms with Crippen LogP contribution in [-0.2, 0) is 14.0 Å². The highest BCUT2D eigenvalue weighted by molar-refractivity contribution is 7.60. The summed E-state index contributed by atoms with van der Waals surface area (Å²) >= 11 is 0. The summed E-state index contributed by atoms with van der Waals surface area (Å²) in [6.45, 7) is 5.53. The van der Waals surface area contributed by atoms with Crippen LogP contribution in [0.1, 0.15) is 26.5 Å². The van der Waals surface area contributed by atoms with Crippen LogP contribution in [-0.4, -0.2) is 44.9 Å². The number of halogens is 1. The molecule has 0 amide bonds. The summed E-state index contributed by atoms with van der Waals surface area (Å²) < 4.78 is 39.3. The SMILES string of the molecule is CC[C@H](C)NP(C)(=O)CO[C@@H]1C=C(F)[C@H](n2cnc3c(N)ncnc32)O1. The smallest absolute Gasteiger partial charge is 0.192 e. The zero-order chi connectivity index (χ0) is 18.9. The highest BCUT2D eigenvalue weighted by atomic mass is 31.2. The van der Waals surface area contributed by atoms with E-state index in [4.69, 9.17) is 15.2 Å². The Balaban J connectivity index is 1.68. The normalized spacial score (nSPS) is 23.8. The number of nitrogens with one attached hydrogen (secondary N) is 1. The van der Waals surface area contributed by atoms with Crippen molar-refractivity contribution in [2.75, 3.05) is 18.7 Å². The molecule has 3 N–H and O–H groups in total. The number of nitrogens with two attached hydrogens (primary N) is 1. The number of hydrogen-bond acceptors (Lipinski definition) is 7. The summed E-state index contributed by atoms with van der Waals surface area (Å²) in [6.07, 6.45) is 2.59. The Kier molecular flexibility index (Phi) is 5.38. The molecular formula is C15H22FN6O3P. The van der Waals surface area contributed by atoms with Crippen molar-refractivity contribution < 1.29 is 18.4 Å². The van der Waals surface area contributed by atoms with Crippen molar-refractivity contribution in [3.8, 4) is 0 Å². The highest BCUT2D eigenvalue weighted by Crippen LogP contribution is 2.39. The Bertz CT molecular complexity index is 872. The van der Waals surface area contributed by atoms with Gasteiger partial charge in [0.1, 0.15) is 18.2 Å². The van der Waals surface area contributed by atoms with Crippen LogP contribution in [0.3, 0.4) is 0 Å². The molecule has 26 heavy (non-hydrogen) atoms. The first-order chi connectivity index (χ1) is 12.3. The molecule has 142 valence electrons.